The Labute approximate surface area is 172 Å². The van der Waals surface area contributed by atoms with Gasteiger partial charge in [-0.15, -0.1) is 11.3 Å². The maximum Gasteiger partial charge on any atom is 0.240 e. The summed E-state index contributed by atoms with van der Waals surface area (Å²) in [5.74, 6) is 0.313. The van der Waals surface area contributed by atoms with Crippen LogP contribution in [0.5, 0.6) is 0 Å². The Balaban J connectivity index is 1.32. The number of benzene rings is 1. The van der Waals surface area contributed by atoms with E-state index in [-0.39, 0.29) is 6.04 Å². The standard InChI is InChI=1S/C23H29N3OS/c1-2-21(23(27)26-12-9-22-20(18-26)10-17-28-22)25-15-13-24(14-16-25)11-8-19-6-4-3-5-7-19/h3-8,10-11,17,21H,2,9,12-16,18H2,1H3/b11-8+. The Morgan fingerprint density at radius 3 is 2.64 bits per heavy atom. The van der Waals surface area contributed by atoms with Crippen molar-refractivity contribution in [1.29, 1.82) is 0 Å². The van der Waals surface area contributed by atoms with Gasteiger partial charge in [-0.05, 0) is 47.7 Å². The zero-order chi connectivity index (χ0) is 19.3. The third kappa shape index (κ3) is 4.31. The number of piperazine rings is 1. The van der Waals surface area contributed by atoms with Crippen LogP contribution in [0.1, 0.15) is 29.3 Å². The zero-order valence-electron chi connectivity index (χ0n) is 16.6. The molecule has 2 aliphatic rings. The lowest BCUT2D eigenvalue weighted by atomic mass is 10.1. The molecule has 5 heteroatoms. The van der Waals surface area contributed by atoms with E-state index >= 15 is 0 Å². The fourth-order valence-corrected chi connectivity index (χ4v) is 5.08. The van der Waals surface area contributed by atoms with Crippen molar-refractivity contribution < 1.29 is 4.79 Å². The summed E-state index contributed by atoms with van der Waals surface area (Å²) in [6, 6.07) is 12.6. The van der Waals surface area contributed by atoms with Gasteiger partial charge in [0.05, 0.1) is 6.04 Å². The van der Waals surface area contributed by atoms with Gasteiger partial charge in [0.25, 0.3) is 0 Å². The van der Waals surface area contributed by atoms with E-state index in [2.05, 4.69) is 69.6 Å². The van der Waals surface area contributed by atoms with Crippen LogP contribution in [0.4, 0.5) is 0 Å². The summed E-state index contributed by atoms with van der Waals surface area (Å²) in [6.07, 6.45) is 6.25. The van der Waals surface area contributed by atoms with E-state index in [4.69, 9.17) is 0 Å². The van der Waals surface area contributed by atoms with Gasteiger partial charge in [-0.3, -0.25) is 9.69 Å². The summed E-state index contributed by atoms with van der Waals surface area (Å²) in [6.45, 7) is 7.63. The van der Waals surface area contributed by atoms with Crippen molar-refractivity contribution in [2.24, 2.45) is 0 Å². The molecule has 1 amide bonds. The van der Waals surface area contributed by atoms with E-state index in [1.54, 1.807) is 0 Å². The van der Waals surface area contributed by atoms with E-state index < -0.39 is 0 Å². The van der Waals surface area contributed by atoms with Crippen molar-refractivity contribution in [1.82, 2.24) is 14.7 Å². The molecule has 0 radical (unpaired) electrons. The lowest BCUT2D eigenvalue weighted by Gasteiger charge is -2.40. The summed E-state index contributed by atoms with van der Waals surface area (Å²) in [5.41, 5.74) is 2.57. The number of thiophene rings is 1. The van der Waals surface area contributed by atoms with Gasteiger partial charge in [0.1, 0.15) is 0 Å². The van der Waals surface area contributed by atoms with Crippen LogP contribution >= 0.6 is 11.3 Å². The summed E-state index contributed by atoms with van der Waals surface area (Å²) < 4.78 is 0. The van der Waals surface area contributed by atoms with Crippen LogP contribution in [-0.4, -0.2) is 59.4 Å². The van der Waals surface area contributed by atoms with E-state index in [1.165, 1.54) is 16.0 Å². The van der Waals surface area contributed by atoms with Crippen molar-refractivity contribution in [2.45, 2.75) is 32.4 Å². The molecule has 1 aromatic carbocycles. The molecule has 0 saturated carbocycles. The molecule has 0 spiro atoms. The average Bonchev–Trinajstić information content (AvgIpc) is 3.22. The molecule has 1 fully saturated rings. The third-order valence-corrected chi connectivity index (χ3v) is 6.88. The second kappa shape index (κ2) is 8.93. The predicted octanol–water partition coefficient (Wildman–Crippen LogP) is 3.70. The fraction of sp³-hybridized carbons (Fsp3) is 0.435. The van der Waals surface area contributed by atoms with Crippen LogP contribution in [0.25, 0.3) is 6.08 Å². The van der Waals surface area contributed by atoms with E-state index in [0.717, 1.165) is 52.1 Å². The molecule has 0 aliphatic carbocycles. The van der Waals surface area contributed by atoms with Crippen LogP contribution in [0.3, 0.4) is 0 Å². The molecule has 4 nitrogen and oxygen atoms in total. The van der Waals surface area contributed by atoms with Gasteiger partial charge >= 0.3 is 0 Å². The number of hydrogen-bond acceptors (Lipinski definition) is 4. The van der Waals surface area contributed by atoms with Gasteiger partial charge < -0.3 is 9.80 Å². The van der Waals surface area contributed by atoms with Crippen molar-refractivity contribution in [2.75, 3.05) is 32.7 Å². The Hall–Kier alpha value is -2.11. The number of nitrogens with zero attached hydrogens (tertiary/aromatic N) is 3. The van der Waals surface area contributed by atoms with Gasteiger partial charge in [0.2, 0.25) is 5.91 Å². The predicted molar refractivity (Wildman–Crippen MR) is 116 cm³/mol. The van der Waals surface area contributed by atoms with Crippen molar-refractivity contribution in [3.63, 3.8) is 0 Å². The number of amides is 1. The Bertz CT molecular complexity index is 808. The summed E-state index contributed by atoms with van der Waals surface area (Å²) in [7, 11) is 0. The zero-order valence-corrected chi connectivity index (χ0v) is 17.4. The minimum Gasteiger partial charge on any atom is -0.375 e. The minimum atomic E-state index is 0.0143. The molecule has 1 saturated heterocycles. The van der Waals surface area contributed by atoms with Gasteiger partial charge in [0.15, 0.2) is 0 Å². The van der Waals surface area contributed by atoms with Gasteiger partial charge in [-0.25, -0.2) is 0 Å². The normalized spacial score (nSPS) is 19.0. The first-order valence-corrected chi connectivity index (χ1v) is 11.2. The van der Waals surface area contributed by atoms with Crippen molar-refractivity contribution >= 4 is 23.3 Å². The molecule has 2 aromatic rings. The summed E-state index contributed by atoms with van der Waals surface area (Å²) in [4.78, 5) is 21.5. The maximum atomic E-state index is 13.2. The molecule has 1 unspecified atom stereocenters. The number of rotatable bonds is 5. The van der Waals surface area contributed by atoms with Crippen LogP contribution in [-0.2, 0) is 17.8 Å². The Morgan fingerprint density at radius 2 is 1.89 bits per heavy atom. The number of carbonyl (C=O) groups excluding carboxylic acids is 1. The SMILES string of the molecule is CCC(C(=O)N1CCc2sccc2C1)N1CCN(/C=C/c2ccccc2)CC1. The number of carbonyl (C=O) groups is 1. The molecule has 3 heterocycles. The van der Waals surface area contributed by atoms with Crippen LogP contribution in [0.2, 0.25) is 0 Å². The first-order valence-electron chi connectivity index (χ1n) is 10.3. The monoisotopic (exact) mass is 395 g/mol. The third-order valence-electron chi connectivity index (χ3n) is 5.86. The van der Waals surface area contributed by atoms with Crippen molar-refractivity contribution in [3.05, 3.63) is 64.0 Å². The van der Waals surface area contributed by atoms with Crippen molar-refractivity contribution in [3.8, 4) is 0 Å². The van der Waals surface area contributed by atoms with E-state index in [9.17, 15) is 4.79 Å². The molecular weight excluding hydrogens is 366 g/mol. The van der Waals surface area contributed by atoms with E-state index in [0.29, 0.717) is 5.91 Å². The summed E-state index contributed by atoms with van der Waals surface area (Å²) in [5, 5.41) is 2.15. The number of fused-ring (bicyclic) bond motifs is 1. The first kappa shape index (κ1) is 19.2. The maximum absolute atomic E-state index is 13.2. The van der Waals surface area contributed by atoms with Gasteiger partial charge in [0, 0.05) is 44.1 Å². The largest absolute Gasteiger partial charge is 0.375 e. The molecule has 1 aromatic heterocycles. The highest BCUT2D eigenvalue weighted by Crippen LogP contribution is 2.25. The topological polar surface area (TPSA) is 26.8 Å². The smallest absolute Gasteiger partial charge is 0.240 e. The van der Waals surface area contributed by atoms with Gasteiger partial charge in [-0.1, -0.05) is 37.3 Å². The molecule has 1 atom stereocenters. The Kier molecular flexibility index (Phi) is 6.13. The summed E-state index contributed by atoms with van der Waals surface area (Å²) >= 11 is 1.82. The molecule has 0 bridgehead atoms. The molecule has 4 rings (SSSR count). The number of hydrogen-bond donors (Lipinski definition) is 0. The molecule has 0 N–H and O–H groups in total. The average molecular weight is 396 g/mol. The Morgan fingerprint density at radius 1 is 1.11 bits per heavy atom. The highest BCUT2D eigenvalue weighted by atomic mass is 32.1. The lowest BCUT2D eigenvalue weighted by molar-refractivity contribution is -0.138. The molecule has 28 heavy (non-hydrogen) atoms. The van der Waals surface area contributed by atoms with Crippen LogP contribution in [0, 0.1) is 0 Å². The fourth-order valence-electron chi connectivity index (χ4n) is 4.19. The molecule has 148 valence electrons. The second-order valence-electron chi connectivity index (χ2n) is 7.60. The molecular formula is C23H29N3OS. The van der Waals surface area contributed by atoms with E-state index in [1.807, 2.05) is 17.4 Å². The highest BCUT2D eigenvalue weighted by Gasteiger charge is 2.32. The lowest BCUT2D eigenvalue weighted by Crippen LogP contribution is -2.55. The second-order valence-corrected chi connectivity index (χ2v) is 8.60. The molecule has 2 aliphatic heterocycles. The van der Waals surface area contributed by atoms with Gasteiger partial charge in [-0.2, -0.15) is 0 Å². The van der Waals surface area contributed by atoms with Crippen LogP contribution < -0.4 is 0 Å². The quantitative estimate of drug-likeness (QED) is 0.772. The minimum absolute atomic E-state index is 0.0143. The first-order chi connectivity index (χ1) is 13.7. The highest BCUT2D eigenvalue weighted by molar-refractivity contribution is 7.10. The van der Waals surface area contributed by atoms with Crippen LogP contribution in [0.15, 0.2) is 48.0 Å².